The lowest BCUT2D eigenvalue weighted by Crippen LogP contribution is -2.36. The van der Waals surface area contributed by atoms with E-state index in [1.54, 1.807) is 11.8 Å². The van der Waals surface area contributed by atoms with Crippen LogP contribution in [0, 0.1) is 6.92 Å². The van der Waals surface area contributed by atoms with Gasteiger partial charge >= 0.3 is 0 Å². The quantitative estimate of drug-likeness (QED) is 0.750. The van der Waals surface area contributed by atoms with Crippen LogP contribution < -0.4 is 10.1 Å². The third-order valence-corrected chi connectivity index (χ3v) is 6.87. The van der Waals surface area contributed by atoms with Crippen LogP contribution in [-0.2, 0) is 9.53 Å². The largest absolute Gasteiger partial charge is 0.491 e. The molecule has 0 unspecified atom stereocenters. The van der Waals surface area contributed by atoms with Crippen molar-refractivity contribution in [1.29, 1.82) is 0 Å². The van der Waals surface area contributed by atoms with Gasteiger partial charge in [-0.15, -0.1) is 11.8 Å². The Hall–Kier alpha value is -1.99. The van der Waals surface area contributed by atoms with Gasteiger partial charge in [-0.25, -0.2) is 4.68 Å². The molecule has 1 N–H and O–H groups in total. The van der Waals surface area contributed by atoms with Gasteiger partial charge in [0, 0.05) is 12.2 Å². The van der Waals surface area contributed by atoms with E-state index in [0.717, 1.165) is 41.2 Å². The molecule has 2 atom stereocenters. The van der Waals surface area contributed by atoms with E-state index in [9.17, 15) is 4.79 Å². The normalized spacial score (nSPS) is 23.6. The fraction of sp³-hybridized carbons (Fsp3) is 0.565. The first-order valence-corrected chi connectivity index (χ1v) is 11.7. The van der Waals surface area contributed by atoms with Crippen LogP contribution >= 0.6 is 11.8 Å². The second-order valence-corrected chi connectivity index (χ2v) is 10.1. The molecule has 7 heteroatoms. The average molecular weight is 430 g/mol. The highest BCUT2D eigenvalue weighted by molar-refractivity contribution is 8.00. The summed E-state index contributed by atoms with van der Waals surface area (Å²) < 4.78 is 13.7. The van der Waals surface area contributed by atoms with Crippen molar-refractivity contribution in [2.45, 2.75) is 70.5 Å². The predicted octanol–water partition coefficient (Wildman–Crippen LogP) is 4.88. The lowest BCUT2D eigenvalue weighted by atomic mass is 9.94. The number of carbonyl (C=O) groups excluding carboxylic acids is 1. The van der Waals surface area contributed by atoms with E-state index in [-0.39, 0.29) is 28.9 Å². The number of ether oxygens (including phenoxy) is 2. The summed E-state index contributed by atoms with van der Waals surface area (Å²) in [4.78, 5) is 12.6. The first kappa shape index (κ1) is 21.2. The van der Waals surface area contributed by atoms with Gasteiger partial charge in [0.1, 0.15) is 11.6 Å². The third kappa shape index (κ3) is 4.37. The smallest absolute Gasteiger partial charge is 0.235 e. The van der Waals surface area contributed by atoms with Crippen molar-refractivity contribution in [1.82, 2.24) is 9.78 Å². The van der Waals surface area contributed by atoms with Crippen LogP contribution in [0.15, 0.2) is 24.3 Å². The minimum Gasteiger partial charge on any atom is -0.491 e. The minimum atomic E-state index is -0.190. The van der Waals surface area contributed by atoms with Crippen molar-refractivity contribution >= 4 is 23.5 Å². The summed E-state index contributed by atoms with van der Waals surface area (Å²) >= 11 is 1.65. The molecule has 3 heterocycles. The van der Waals surface area contributed by atoms with Crippen molar-refractivity contribution in [2.24, 2.45) is 0 Å². The van der Waals surface area contributed by atoms with Gasteiger partial charge in [0.15, 0.2) is 0 Å². The number of thioether (sulfide) groups is 1. The van der Waals surface area contributed by atoms with Crippen molar-refractivity contribution in [3.05, 3.63) is 41.1 Å². The van der Waals surface area contributed by atoms with Gasteiger partial charge in [0.2, 0.25) is 5.91 Å². The van der Waals surface area contributed by atoms with E-state index >= 15 is 0 Å². The van der Waals surface area contributed by atoms with E-state index in [2.05, 4.69) is 31.3 Å². The topological polar surface area (TPSA) is 65.4 Å². The Kier molecular flexibility index (Phi) is 5.86. The minimum absolute atomic E-state index is 0.0241. The molecule has 1 amide bonds. The highest BCUT2D eigenvalue weighted by Gasteiger charge is 2.36. The maximum absolute atomic E-state index is 12.6. The zero-order valence-electron chi connectivity index (χ0n) is 18.4. The molecule has 1 aromatic carbocycles. The number of amides is 1. The molecule has 0 spiro atoms. The predicted molar refractivity (Wildman–Crippen MR) is 120 cm³/mol. The first-order chi connectivity index (χ1) is 14.2. The zero-order valence-corrected chi connectivity index (χ0v) is 19.2. The van der Waals surface area contributed by atoms with E-state index < -0.39 is 0 Å². The van der Waals surface area contributed by atoms with Crippen molar-refractivity contribution < 1.29 is 14.3 Å². The monoisotopic (exact) mass is 429 g/mol. The van der Waals surface area contributed by atoms with Crippen LogP contribution in [0.1, 0.15) is 68.6 Å². The Morgan fingerprint density at radius 1 is 1.30 bits per heavy atom. The second kappa shape index (κ2) is 8.27. The number of nitrogens with one attached hydrogen (secondary N) is 1. The number of fused-ring (bicyclic) bond motifs is 1. The number of carbonyl (C=O) groups is 1. The molecular formula is C23H31N3O3S. The molecule has 2 aromatic rings. The molecule has 0 aliphatic carbocycles. The number of nitrogens with zero attached hydrogens (tertiary/aromatic N) is 2. The lowest BCUT2D eigenvalue weighted by molar-refractivity contribution is -0.113. The molecule has 4 rings (SSSR count). The number of aromatic nitrogens is 2. The molecule has 2 aliphatic heterocycles. The lowest BCUT2D eigenvalue weighted by Gasteiger charge is -2.36. The van der Waals surface area contributed by atoms with Gasteiger partial charge < -0.3 is 14.8 Å². The Morgan fingerprint density at radius 2 is 2.03 bits per heavy atom. The summed E-state index contributed by atoms with van der Waals surface area (Å²) in [7, 11) is 0. The maximum atomic E-state index is 12.6. The summed E-state index contributed by atoms with van der Waals surface area (Å²) in [5.74, 6) is 2.15. The standard InChI is InChI=1S/C23H31N3O3S/c1-14(2)29-18-8-6-16(7-9-18)21-20-15(3)25-26(22(20)24-19(27)13-30-21)17-10-11-28-23(4,5)12-17/h6-9,14,17,21H,10-13H2,1-5H3,(H,24,27)/t17-,21+/m0/s1. The van der Waals surface area contributed by atoms with Crippen LogP contribution in [0.25, 0.3) is 0 Å². The molecule has 0 bridgehead atoms. The highest BCUT2D eigenvalue weighted by atomic mass is 32.2. The van der Waals surface area contributed by atoms with E-state index in [0.29, 0.717) is 12.4 Å². The second-order valence-electron chi connectivity index (χ2n) is 9.02. The number of aryl methyl sites for hydroxylation is 1. The van der Waals surface area contributed by atoms with Crippen molar-refractivity contribution in [2.75, 3.05) is 17.7 Å². The van der Waals surface area contributed by atoms with E-state index in [1.165, 1.54) is 0 Å². The molecule has 1 aromatic heterocycles. The van der Waals surface area contributed by atoms with Gasteiger partial charge in [-0.1, -0.05) is 12.1 Å². The summed E-state index contributed by atoms with van der Waals surface area (Å²) in [5, 5.41) is 8.10. The molecule has 1 fully saturated rings. The summed E-state index contributed by atoms with van der Waals surface area (Å²) in [6, 6.07) is 8.43. The Balaban J connectivity index is 1.71. The van der Waals surface area contributed by atoms with Crippen LogP contribution in [0.4, 0.5) is 5.82 Å². The van der Waals surface area contributed by atoms with Gasteiger partial charge in [-0.3, -0.25) is 4.79 Å². The van der Waals surface area contributed by atoms with Crippen LogP contribution in [0.5, 0.6) is 5.75 Å². The summed E-state index contributed by atoms with van der Waals surface area (Å²) in [6.07, 6.45) is 1.90. The summed E-state index contributed by atoms with van der Waals surface area (Å²) in [5.41, 5.74) is 3.04. The average Bonchev–Trinajstić information content (AvgIpc) is 2.87. The van der Waals surface area contributed by atoms with Crippen LogP contribution in [-0.4, -0.2) is 39.8 Å². The molecule has 1 saturated heterocycles. The SMILES string of the molecule is Cc1nn([C@H]2CCOC(C)(C)C2)c2c1[C@@H](c1ccc(OC(C)C)cc1)SCC(=O)N2. The first-order valence-electron chi connectivity index (χ1n) is 10.6. The molecule has 6 nitrogen and oxygen atoms in total. The zero-order chi connectivity index (χ0) is 21.5. The van der Waals surface area contributed by atoms with Crippen LogP contribution in [0.2, 0.25) is 0 Å². The number of hydrogen-bond acceptors (Lipinski definition) is 5. The molecule has 0 radical (unpaired) electrons. The Morgan fingerprint density at radius 3 is 2.70 bits per heavy atom. The van der Waals surface area contributed by atoms with Gasteiger partial charge in [-0.2, -0.15) is 5.10 Å². The van der Waals surface area contributed by atoms with E-state index in [1.807, 2.05) is 37.6 Å². The van der Waals surface area contributed by atoms with Gasteiger partial charge in [0.25, 0.3) is 0 Å². The van der Waals surface area contributed by atoms with E-state index in [4.69, 9.17) is 14.6 Å². The number of benzene rings is 1. The molecule has 162 valence electrons. The summed E-state index contributed by atoms with van der Waals surface area (Å²) in [6.45, 7) is 11.0. The molecule has 30 heavy (non-hydrogen) atoms. The fourth-order valence-corrected chi connectivity index (χ4v) is 5.53. The molecular weight excluding hydrogens is 398 g/mol. The number of anilines is 1. The van der Waals surface area contributed by atoms with Crippen molar-refractivity contribution in [3.8, 4) is 5.75 Å². The highest BCUT2D eigenvalue weighted by Crippen LogP contribution is 2.45. The Bertz CT molecular complexity index is 921. The van der Waals surface area contributed by atoms with Gasteiger partial charge in [-0.05, 0) is 65.2 Å². The van der Waals surface area contributed by atoms with Crippen LogP contribution in [0.3, 0.4) is 0 Å². The molecule has 2 aliphatic rings. The third-order valence-electron chi connectivity index (χ3n) is 5.60. The van der Waals surface area contributed by atoms with Crippen molar-refractivity contribution in [3.63, 3.8) is 0 Å². The fourth-order valence-electron chi connectivity index (χ4n) is 4.34. The Labute approximate surface area is 182 Å². The van der Waals surface area contributed by atoms with Gasteiger partial charge in [0.05, 0.1) is 34.4 Å². The maximum Gasteiger partial charge on any atom is 0.235 e. The molecule has 0 saturated carbocycles. The number of hydrogen-bond donors (Lipinski definition) is 1. The number of rotatable bonds is 4.